The maximum absolute atomic E-state index is 11.0. The van der Waals surface area contributed by atoms with Crippen LogP contribution in [0.1, 0.15) is 30.1 Å². The molecule has 0 aromatic carbocycles. The van der Waals surface area contributed by atoms with Crippen LogP contribution in [0.4, 0.5) is 11.5 Å². The smallest absolute Gasteiger partial charge is 0.342 e. The summed E-state index contributed by atoms with van der Waals surface area (Å²) in [6.07, 6.45) is 2.91. The number of hydrogen-bond donors (Lipinski definition) is 2. The molecule has 1 fully saturated rings. The van der Waals surface area contributed by atoms with E-state index in [0.717, 1.165) is 19.0 Å². The lowest BCUT2D eigenvalue weighted by Crippen LogP contribution is -2.30. The number of nitrogens with zero attached hydrogens (tertiary/aromatic N) is 2. The summed E-state index contributed by atoms with van der Waals surface area (Å²) in [5.41, 5.74) is -0.903. The summed E-state index contributed by atoms with van der Waals surface area (Å²) in [5.74, 6) is -1.07. The monoisotopic (exact) mass is 281 g/mol. The number of nitro groups is 1. The summed E-state index contributed by atoms with van der Waals surface area (Å²) in [7, 11) is 0. The van der Waals surface area contributed by atoms with E-state index in [2.05, 4.69) is 10.3 Å². The van der Waals surface area contributed by atoms with Crippen molar-refractivity contribution in [2.75, 3.05) is 11.9 Å². The van der Waals surface area contributed by atoms with Crippen LogP contribution in [-0.2, 0) is 4.74 Å². The maximum atomic E-state index is 11.0. The third kappa shape index (κ3) is 3.02. The molecule has 0 radical (unpaired) electrons. The molecule has 2 atom stereocenters. The number of carbonyl (C=O) groups is 1. The Kier molecular flexibility index (Phi) is 4.14. The lowest BCUT2D eigenvalue weighted by molar-refractivity contribution is -0.385. The van der Waals surface area contributed by atoms with Crippen molar-refractivity contribution in [3.05, 3.63) is 27.9 Å². The fraction of sp³-hybridized carbons (Fsp3) is 0.500. The predicted octanol–water partition coefficient (Wildman–Crippen LogP) is 1.67. The lowest BCUT2D eigenvalue weighted by atomic mass is 10.1. The molecule has 8 heteroatoms. The van der Waals surface area contributed by atoms with Crippen molar-refractivity contribution in [3.63, 3.8) is 0 Å². The number of hydrogen-bond acceptors (Lipinski definition) is 6. The van der Waals surface area contributed by atoms with Crippen molar-refractivity contribution in [3.8, 4) is 0 Å². The molecule has 2 rings (SSSR count). The van der Waals surface area contributed by atoms with Crippen molar-refractivity contribution >= 4 is 17.5 Å². The van der Waals surface area contributed by atoms with Gasteiger partial charge in [-0.05, 0) is 19.8 Å². The Labute approximate surface area is 114 Å². The van der Waals surface area contributed by atoms with E-state index in [1.54, 1.807) is 0 Å². The third-order valence-electron chi connectivity index (χ3n) is 3.21. The molecule has 1 saturated heterocycles. The fourth-order valence-corrected chi connectivity index (χ4v) is 2.17. The van der Waals surface area contributed by atoms with Crippen molar-refractivity contribution in [1.82, 2.24) is 4.98 Å². The Morgan fingerprint density at radius 3 is 3.00 bits per heavy atom. The van der Waals surface area contributed by atoms with Crippen LogP contribution in [-0.4, -0.2) is 39.7 Å². The Hall–Kier alpha value is -2.22. The number of carboxylic acid groups (broad SMARTS) is 1. The van der Waals surface area contributed by atoms with Crippen LogP contribution < -0.4 is 5.32 Å². The minimum atomic E-state index is -1.35. The van der Waals surface area contributed by atoms with Gasteiger partial charge in [0.05, 0.1) is 17.1 Å². The van der Waals surface area contributed by atoms with E-state index in [-0.39, 0.29) is 23.5 Å². The first-order chi connectivity index (χ1) is 9.49. The first-order valence-electron chi connectivity index (χ1n) is 6.25. The van der Waals surface area contributed by atoms with Gasteiger partial charge >= 0.3 is 11.7 Å². The number of aromatic carboxylic acids is 1. The molecule has 0 aliphatic carbocycles. The van der Waals surface area contributed by atoms with Crippen LogP contribution in [0.2, 0.25) is 0 Å². The first kappa shape index (κ1) is 14.2. The molecule has 1 aliphatic heterocycles. The van der Waals surface area contributed by atoms with Crippen molar-refractivity contribution in [2.45, 2.75) is 31.9 Å². The van der Waals surface area contributed by atoms with E-state index in [0.29, 0.717) is 6.61 Å². The van der Waals surface area contributed by atoms with Gasteiger partial charge in [-0.25, -0.2) is 9.78 Å². The third-order valence-corrected chi connectivity index (χ3v) is 3.21. The van der Waals surface area contributed by atoms with Gasteiger partial charge in [-0.2, -0.15) is 0 Å². The molecule has 0 amide bonds. The quantitative estimate of drug-likeness (QED) is 0.623. The standard InChI is InChI=1S/C12H15N3O5/c1-7(10-3-2-4-20-10)14-11-5-8(12(16)17)9(6-13-11)15(18)19/h5-7,10H,2-4H2,1H3,(H,13,14)(H,16,17). The zero-order chi connectivity index (χ0) is 14.7. The highest BCUT2D eigenvalue weighted by atomic mass is 16.6. The summed E-state index contributed by atoms with van der Waals surface area (Å²) in [6.45, 7) is 2.62. The molecule has 1 aromatic heterocycles. The van der Waals surface area contributed by atoms with Gasteiger partial charge in [-0.1, -0.05) is 0 Å². The lowest BCUT2D eigenvalue weighted by Gasteiger charge is -2.20. The number of anilines is 1. The summed E-state index contributed by atoms with van der Waals surface area (Å²) < 4.78 is 5.51. The Morgan fingerprint density at radius 1 is 1.70 bits per heavy atom. The van der Waals surface area contributed by atoms with E-state index in [4.69, 9.17) is 9.84 Å². The topological polar surface area (TPSA) is 115 Å². The number of pyridine rings is 1. The molecular formula is C12H15N3O5. The molecule has 2 heterocycles. The molecule has 8 nitrogen and oxygen atoms in total. The predicted molar refractivity (Wildman–Crippen MR) is 69.9 cm³/mol. The highest BCUT2D eigenvalue weighted by molar-refractivity contribution is 5.93. The number of rotatable bonds is 5. The van der Waals surface area contributed by atoms with Gasteiger partial charge in [0, 0.05) is 12.7 Å². The largest absolute Gasteiger partial charge is 0.477 e. The molecule has 1 aliphatic rings. The van der Waals surface area contributed by atoms with Gasteiger partial charge in [0.25, 0.3) is 0 Å². The average Bonchev–Trinajstić information content (AvgIpc) is 2.92. The Morgan fingerprint density at radius 2 is 2.45 bits per heavy atom. The van der Waals surface area contributed by atoms with E-state index >= 15 is 0 Å². The summed E-state index contributed by atoms with van der Waals surface area (Å²) in [5, 5.41) is 22.8. The van der Waals surface area contributed by atoms with Crippen LogP contribution in [0.15, 0.2) is 12.3 Å². The molecule has 2 N–H and O–H groups in total. The van der Waals surface area contributed by atoms with Gasteiger partial charge in [-0.3, -0.25) is 10.1 Å². The number of carboxylic acids is 1. The van der Waals surface area contributed by atoms with Gasteiger partial charge in [0.2, 0.25) is 0 Å². The van der Waals surface area contributed by atoms with E-state index in [1.807, 2.05) is 6.92 Å². The fourth-order valence-electron chi connectivity index (χ4n) is 2.17. The summed E-state index contributed by atoms with van der Waals surface area (Å²) in [6, 6.07) is 1.12. The highest BCUT2D eigenvalue weighted by Crippen LogP contribution is 2.22. The zero-order valence-electron chi connectivity index (χ0n) is 10.9. The van der Waals surface area contributed by atoms with Crippen molar-refractivity contribution in [2.24, 2.45) is 0 Å². The van der Waals surface area contributed by atoms with Crippen LogP contribution in [0.25, 0.3) is 0 Å². The van der Waals surface area contributed by atoms with Crippen molar-refractivity contribution in [1.29, 1.82) is 0 Å². The van der Waals surface area contributed by atoms with Gasteiger partial charge in [0.15, 0.2) is 0 Å². The molecule has 108 valence electrons. The Bertz CT molecular complexity index is 528. The molecule has 0 saturated carbocycles. The number of nitrogens with one attached hydrogen (secondary N) is 1. The zero-order valence-corrected chi connectivity index (χ0v) is 10.9. The SMILES string of the molecule is CC(Nc1cc(C(=O)O)c([N+](=O)[O-])cn1)C1CCCO1. The summed E-state index contributed by atoms with van der Waals surface area (Å²) in [4.78, 5) is 24.9. The second-order valence-corrected chi connectivity index (χ2v) is 4.63. The number of aromatic nitrogens is 1. The second kappa shape index (κ2) is 5.83. The summed E-state index contributed by atoms with van der Waals surface area (Å²) >= 11 is 0. The number of ether oxygens (including phenoxy) is 1. The molecule has 2 unspecified atom stereocenters. The van der Waals surface area contributed by atoms with E-state index < -0.39 is 16.6 Å². The van der Waals surface area contributed by atoms with Crippen LogP contribution >= 0.6 is 0 Å². The van der Waals surface area contributed by atoms with Gasteiger partial charge in [-0.15, -0.1) is 0 Å². The van der Waals surface area contributed by atoms with E-state index in [1.165, 1.54) is 6.07 Å². The molecule has 0 spiro atoms. The minimum Gasteiger partial charge on any atom is -0.477 e. The molecule has 0 bridgehead atoms. The van der Waals surface area contributed by atoms with E-state index in [9.17, 15) is 14.9 Å². The molecule has 1 aromatic rings. The van der Waals surface area contributed by atoms with Crippen molar-refractivity contribution < 1.29 is 19.6 Å². The molecular weight excluding hydrogens is 266 g/mol. The normalized spacial score (nSPS) is 19.6. The Balaban J connectivity index is 2.18. The van der Waals surface area contributed by atoms with Gasteiger partial charge in [0.1, 0.15) is 17.6 Å². The minimum absolute atomic E-state index is 0.0419. The van der Waals surface area contributed by atoms with Crippen LogP contribution in [0, 0.1) is 10.1 Å². The first-order valence-corrected chi connectivity index (χ1v) is 6.25. The van der Waals surface area contributed by atoms with Gasteiger partial charge < -0.3 is 15.2 Å². The maximum Gasteiger partial charge on any atom is 0.342 e. The molecule has 20 heavy (non-hydrogen) atoms. The highest BCUT2D eigenvalue weighted by Gasteiger charge is 2.25. The van der Waals surface area contributed by atoms with Crippen LogP contribution in [0.3, 0.4) is 0 Å². The average molecular weight is 281 g/mol. The van der Waals surface area contributed by atoms with Crippen LogP contribution in [0.5, 0.6) is 0 Å². The second-order valence-electron chi connectivity index (χ2n) is 4.63.